The Morgan fingerprint density at radius 3 is 2.43 bits per heavy atom. The maximum absolute atomic E-state index is 13.7. The van der Waals surface area contributed by atoms with Crippen LogP contribution < -0.4 is 10.6 Å². The minimum Gasteiger partial charge on any atom is -0.316 e. The van der Waals surface area contributed by atoms with E-state index >= 15 is 0 Å². The van der Waals surface area contributed by atoms with E-state index in [1.54, 1.807) is 6.07 Å². The minimum atomic E-state index is -0.146. The standard InChI is InChI=1S/C18H25FN2/c1-14(2)12-20-10-5-11-21-13-15-8-9-18(19)17-7-4-3-6-16(15)17/h3-4,6-9,14,20-21H,5,10-13H2,1-2H3. The van der Waals surface area contributed by atoms with E-state index in [0.29, 0.717) is 11.3 Å². The highest BCUT2D eigenvalue weighted by Crippen LogP contribution is 2.21. The van der Waals surface area contributed by atoms with Gasteiger partial charge < -0.3 is 10.6 Å². The Morgan fingerprint density at radius 1 is 0.952 bits per heavy atom. The quantitative estimate of drug-likeness (QED) is 0.724. The van der Waals surface area contributed by atoms with Crippen LogP contribution in [0.5, 0.6) is 0 Å². The first-order valence-corrected chi connectivity index (χ1v) is 7.76. The molecule has 0 fully saturated rings. The topological polar surface area (TPSA) is 24.1 Å². The zero-order chi connectivity index (χ0) is 15.1. The van der Waals surface area contributed by atoms with Gasteiger partial charge in [0.25, 0.3) is 0 Å². The third-order valence-electron chi connectivity index (χ3n) is 3.54. The second-order valence-electron chi connectivity index (χ2n) is 5.88. The van der Waals surface area contributed by atoms with Crippen LogP contribution in [0.4, 0.5) is 4.39 Å². The van der Waals surface area contributed by atoms with Crippen molar-refractivity contribution in [2.24, 2.45) is 5.92 Å². The number of hydrogen-bond donors (Lipinski definition) is 2. The van der Waals surface area contributed by atoms with E-state index in [1.165, 1.54) is 0 Å². The molecule has 0 aliphatic rings. The minimum absolute atomic E-state index is 0.146. The van der Waals surface area contributed by atoms with Crippen LogP contribution in [-0.4, -0.2) is 19.6 Å². The molecule has 0 aliphatic carbocycles. The van der Waals surface area contributed by atoms with Gasteiger partial charge >= 0.3 is 0 Å². The van der Waals surface area contributed by atoms with Crippen LogP contribution in [0.3, 0.4) is 0 Å². The van der Waals surface area contributed by atoms with Gasteiger partial charge in [0.15, 0.2) is 0 Å². The van der Waals surface area contributed by atoms with Crippen LogP contribution in [0.1, 0.15) is 25.8 Å². The van der Waals surface area contributed by atoms with Gasteiger partial charge in [-0.25, -0.2) is 4.39 Å². The van der Waals surface area contributed by atoms with Crippen LogP contribution in [0, 0.1) is 11.7 Å². The molecular weight excluding hydrogens is 263 g/mol. The second-order valence-corrected chi connectivity index (χ2v) is 5.88. The molecule has 0 aliphatic heterocycles. The first kappa shape index (κ1) is 15.9. The molecule has 3 heteroatoms. The van der Waals surface area contributed by atoms with Crippen molar-refractivity contribution in [1.82, 2.24) is 10.6 Å². The Labute approximate surface area is 126 Å². The Balaban J connectivity index is 1.80. The van der Waals surface area contributed by atoms with Crippen molar-refractivity contribution in [2.75, 3.05) is 19.6 Å². The van der Waals surface area contributed by atoms with Crippen LogP contribution in [0.15, 0.2) is 36.4 Å². The van der Waals surface area contributed by atoms with Crippen molar-refractivity contribution in [3.8, 4) is 0 Å². The fourth-order valence-corrected chi connectivity index (χ4v) is 2.43. The lowest BCUT2D eigenvalue weighted by Gasteiger charge is -2.10. The van der Waals surface area contributed by atoms with E-state index < -0.39 is 0 Å². The highest BCUT2D eigenvalue weighted by Gasteiger charge is 2.04. The molecule has 0 saturated carbocycles. The van der Waals surface area contributed by atoms with Gasteiger partial charge in [0.2, 0.25) is 0 Å². The molecule has 0 unspecified atom stereocenters. The van der Waals surface area contributed by atoms with Crippen molar-refractivity contribution in [1.29, 1.82) is 0 Å². The van der Waals surface area contributed by atoms with E-state index in [0.717, 1.165) is 43.5 Å². The predicted octanol–water partition coefficient (Wildman–Crippen LogP) is 3.70. The zero-order valence-corrected chi connectivity index (χ0v) is 13.0. The van der Waals surface area contributed by atoms with Gasteiger partial charge in [0.05, 0.1) is 0 Å². The molecule has 2 nitrogen and oxygen atoms in total. The lowest BCUT2D eigenvalue weighted by Crippen LogP contribution is -2.24. The van der Waals surface area contributed by atoms with Gasteiger partial charge in [-0.2, -0.15) is 0 Å². The molecule has 0 bridgehead atoms. The molecule has 0 heterocycles. The van der Waals surface area contributed by atoms with Crippen molar-refractivity contribution < 1.29 is 4.39 Å². The Kier molecular flexibility index (Phi) is 6.15. The molecule has 2 aromatic rings. The van der Waals surface area contributed by atoms with Crippen LogP contribution >= 0.6 is 0 Å². The van der Waals surface area contributed by atoms with Crippen molar-refractivity contribution >= 4 is 10.8 Å². The largest absolute Gasteiger partial charge is 0.316 e. The fraction of sp³-hybridized carbons (Fsp3) is 0.444. The smallest absolute Gasteiger partial charge is 0.131 e. The van der Waals surface area contributed by atoms with Gasteiger partial charge in [0.1, 0.15) is 5.82 Å². The summed E-state index contributed by atoms with van der Waals surface area (Å²) in [6, 6.07) is 11.1. The number of rotatable bonds is 8. The molecule has 0 radical (unpaired) electrons. The SMILES string of the molecule is CC(C)CNCCCNCc1ccc(F)c2ccccc12. The highest BCUT2D eigenvalue weighted by atomic mass is 19.1. The van der Waals surface area contributed by atoms with Crippen LogP contribution in [0.2, 0.25) is 0 Å². The number of halogens is 1. The van der Waals surface area contributed by atoms with Gasteiger partial charge in [-0.3, -0.25) is 0 Å². The monoisotopic (exact) mass is 288 g/mol. The molecule has 0 atom stereocenters. The van der Waals surface area contributed by atoms with Gasteiger partial charge in [-0.05, 0) is 49.0 Å². The highest BCUT2D eigenvalue weighted by molar-refractivity contribution is 5.86. The fourth-order valence-electron chi connectivity index (χ4n) is 2.43. The van der Waals surface area contributed by atoms with E-state index in [-0.39, 0.29) is 5.82 Å². The molecule has 0 spiro atoms. The average molecular weight is 288 g/mol. The predicted molar refractivity (Wildman–Crippen MR) is 87.9 cm³/mol. The first-order valence-electron chi connectivity index (χ1n) is 7.76. The third kappa shape index (κ3) is 4.80. The zero-order valence-electron chi connectivity index (χ0n) is 13.0. The first-order chi connectivity index (χ1) is 10.2. The molecule has 0 aromatic heterocycles. The number of hydrogen-bond acceptors (Lipinski definition) is 2. The lowest BCUT2D eigenvalue weighted by molar-refractivity contribution is 0.530. The van der Waals surface area contributed by atoms with E-state index in [9.17, 15) is 4.39 Å². The van der Waals surface area contributed by atoms with E-state index in [1.807, 2.05) is 30.3 Å². The van der Waals surface area contributed by atoms with Crippen LogP contribution in [0.25, 0.3) is 10.8 Å². The molecule has 0 saturated heterocycles. The Morgan fingerprint density at radius 2 is 1.67 bits per heavy atom. The van der Waals surface area contributed by atoms with Crippen molar-refractivity contribution in [2.45, 2.75) is 26.8 Å². The summed E-state index contributed by atoms with van der Waals surface area (Å²) in [6.45, 7) is 8.29. The summed E-state index contributed by atoms with van der Waals surface area (Å²) in [5, 5.41) is 8.58. The van der Waals surface area contributed by atoms with Gasteiger partial charge in [0, 0.05) is 11.9 Å². The molecule has 2 rings (SSSR count). The summed E-state index contributed by atoms with van der Waals surface area (Å²) in [6.07, 6.45) is 1.10. The van der Waals surface area contributed by atoms with Crippen molar-refractivity contribution in [3.63, 3.8) is 0 Å². The molecular formula is C18H25FN2. The maximum Gasteiger partial charge on any atom is 0.131 e. The second kappa shape index (κ2) is 8.11. The number of benzene rings is 2. The molecule has 0 amide bonds. The molecule has 21 heavy (non-hydrogen) atoms. The summed E-state index contributed by atoms with van der Waals surface area (Å²) in [5.41, 5.74) is 1.15. The number of fused-ring (bicyclic) bond motifs is 1. The normalized spacial score (nSPS) is 11.4. The summed E-state index contributed by atoms with van der Waals surface area (Å²) in [5.74, 6) is 0.552. The summed E-state index contributed by atoms with van der Waals surface area (Å²) in [7, 11) is 0. The van der Waals surface area contributed by atoms with Gasteiger partial charge in [-0.1, -0.05) is 44.2 Å². The van der Waals surface area contributed by atoms with Crippen molar-refractivity contribution in [3.05, 3.63) is 47.8 Å². The average Bonchev–Trinajstić information content (AvgIpc) is 2.48. The number of nitrogens with one attached hydrogen (secondary N) is 2. The molecule has 2 aromatic carbocycles. The summed E-state index contributed by atoms with van der Waals surface area (Å²) < 4.78 is 13.7. The summed E-state index contributed by atoms with van der Waals surface area (Å²) in [4.78, 5) is 0. The Hall–Kier alpha value is -1.45. The lowest BCUT2D eigenvalue weighted by atomic mass is 10.0. The Bertz CT molecular complexity index is 566. The maximum atomic E-state index is 13.7. The third-order valence-corrected chi connectivity index (χ3v) is 3.54. The summed E-state index contributed by atoms with van der Waals surface area (Å²) >= 11 is 0. The van der Waals surface area contributed by atoms with E-state index in [2.05, 4.69) is 24.5 Å². The van der Waals surface area contributed by atoms with Crippen LogP contribution in [-0.2, 0) is 6.54 Å². The van der Waals surface area contributed by atoms with E-state index in [4.69, 9.17) is 0 Å². The molecule has 114 valence electrons. The molecule has 2 N–H and O–H groups in total. The van der Waals surface area contributed by atoms with Gasteiger partial charge in [-0.15, -0.1) is 0 Å².